The summed E-state index contributed by atoms with van der Waals surface area (Å²) in [5.74, 6) is 10.1. The van der Waals surface area contributed by atoms with Crippen LogP contribution in [0.2, 0.25) is 0 Å². The van der Waals surface area contributed by atoms with Gasteiger partial charge in [0.1, 0.15) is 0 Å². The fraction of sp³-hybridized carbons (Fsp3) is 1.00. The first-order valence-corrected chi connectivity index (χ1v) is 30.7. The van der Waals surface area contributed by atoms with Crippen LogP contribution in [0.15, 0.2) is 0 Å². The van der Waals surface area contributed by atoms with Crippen molar-refractivity contribution in [3.8, 4) is 0 Å². The molecule has 8 atom stereocenters. The SMILES string of the molecule is CC(C)CCCC(C)CCCC(C)CCCC(C)CCCO.CC(C)CCCC(C)CCCO.CCC(CCO)CCCC(C)C.CCC(CCO)CCCC(C)CCCC(C)CCCC(C)C. The lowest BCUT2D eigenvalue weighted by Crippen LogP contribution is -2.04. The van der Waals surface area contributed by atoms with Gasteiger partial charge in [0.15, 0.2) is 0 Å². The second-order valence-electron chi connectivity index (χ2n) is 25.0. The van der Waals surface area contributed by atoms with Crippen LogP contribution >= 0.6 is 0 Å². The summed E-state index contributed by atoms with van der Waals surface area (Å²) in [5, 5.41) is 35.3. The van der Waals surface area contributed by atoms with Crippen molar-refractivity contribution in [2.75, 3.05) is 26.4 Å². The van der Waals surface area contributed by atoms with E-state index in [0.29, 0.717) is 26.4 Å². The molecule has 0 saturated heterocycles. The largest absolute Gasteiger partial charge is 0.396 e. The highest BCUT2D eigenvalue weighted by Gasteiger charge is 2.11. The number of hydrogen-bond acceptors (Lipinski definition) is 4. The molecule has 0 bridgehead atoms. The molecule has 0 aliphatic rings. The quantitative estimate of drug-likeness (QED) is 0.0490. The fourth-order valence-corrected chi connectivity index (χ4v) is 9.85. The summed E-state index contributed by atoms with van der Waals surface area (Å²) in [6, 6.07) is 0. The van der Waals surface area contributed by atoms with Gasteiger partial charge in [-0.3, -0.25) is 0 Å². The van der Waals surface area contributed by atoms with Crippen LogP contribution in [0.25, 0.3) is 0 Å². The van der Waals surface area contributed by atoms with Crippen molar-refractivity contribution < 1.29 is 20.4 Å². The molecule has 4 nitrogen and oxygen atoms in total. The van der Waals surface area contributed by atoms with Crippen molar-refractivity contribution in [2.45, 2.75) is 316 Å². The molecule has 0 aliphatic heterocycles. The Bertz CT molecular complexity index is 902. The monoisotopic (exact) mass is 969 g/mol. The Hall–Kier alpha value is -0.160. The van der Waals surface area contributed by atoms with Crippen molar-refractivity contribution >= 4 is 0 Å². The van der Waals surface area contributed by atoms with Gasteiger partial charge < -0.3 is 20.4 Å². The highest BCUT2D eigenvalue weighted by Crippen LogP contribution is 2.25. The van der Waals surface area contributed by atoms with E-state index < -0.39 is 0 Å². The third-order valence-corrected chi connectivity index (χ3v) is 15.3. The Morgan fingerprint density at radius 3 is 0.559 bits per heavy atom. The number of rotatable bonds is 44. The van der Waals surface area contributed by atoms with Crippen molar-refractivity contribution in [1.82, 2.24) is 0 Å². The van der Waals surface area contributed by atoms with Gasteiger partial charge in [-0.1, -0.05) is 278 Å². The lowest BCUT2D eigenvalue weighted by Gasteiger charge is -2.17. The van der Waals surface area contributed by atoms with E-state index >= 15 is 0 Å². The van der Waals surface area contributed by atoms with E-state index in [1.54, 1.807) is 0 Å². The van der Waals surface area contributed by atoms with Crippen LogP contribution in [-0.2, 0) is 0 Å². The van der Waals surface area contributed by atoms with Crippen molar-refractivity contribution in [1.29, 1.82) is 0 Å². The van der Waals surface area contributed by atoms with Crippen LogP contribution in [0.1, 0.15) is 316 Å². The van der Waals surface area contributed by atoms with Gasteiger partial charge in [0, 0.05) is 26.4 Å². The van der Waals surface area contributed by atoms with Crippen LogP contribution in [-0.4, -0.2) is 46.9 Å². The zero-order valence-electron chi connectivity index (χ0n) is 50.2. The van der Waals surface area contributed by atoms with E-state index in [2.05, 4.69) is 111 Å². The lowest BCUT2D eigenvalue weighted by molar-refractivity contribution is 0.245. The Morgan fingerprint density at radius 1 is 0.206 bits per heavy atom. The first-order valence-electron chi connectivity index (χ1n) is 30.7. The number of hydrogen-bond donors (Lipinski definition) is 4. The Balaban J connectivity index is -0.000000418. The zero-order chi connectivity index (χ0) is 52.4. The highest BCUT2D eigenvalue weighted by atomic mass is 16.3. The van der Waals surface area contributed by atoms with Gasteiger partial charge in [0.25, 0.3) is 0 Å². The van der Waals surface area contributed by atoms with Gasteiger partial charge >= 0.3 is 0 Å². The van der Waals surface area contributed by atoms with Crippen LogP contribution in [0.3, 0.4) is 0 Å². The molecule has 0 aromatic rings. The smallest absolute Gasteiger partial charge is 0.0433 e. The number of aliphatic hydroxyl groups is 4. The summed E-state index contributed by atoms with van der Waals surface area (Å²) in [7, 11) is 0. The van der Waals surface area contributed by atoms with Gasteiger partial charge in [-0.05, 0) is 110 Å². The molecule has 0 heterocycles. The molecular formula is C64H136O4. The van der Waals surface area contributed by atoms with Gasteiger partial charge in [0.2, 0.25) is 0 Å². The normalized spacial score (nSPS) is 15.2. The molecule has 4 heteroatoms. The summed E-state index contributed by atoms with van der Waals surface area (Å²) < 4.78 is 0. The van der Waals surface area contributed by atoms with Crippen molar-refractivity contribution in [3.63, 3.8) is 0 Å². The van der Waals surface area contributed by atoms with E-state index in [-0.39, 0.29) is 0 Å². The summed E-state index contributed by atoms with van der Waals surface area (Å²) in [4.78, 5) is 0. The summed E-state index contributed by atoms with van der Waals surface area (Å²) in [6.07, 6.45) is 41.9. The van der Waals surface area contributed by atoms with Crippen LogP contribution in [0.4, 0.5) is 0 Å². The Kier molecular flexibility index (Phi) is 61.4. The standard InChI is InChI=1S/2C21H44O.2C11H24O/c1-18(2)10-6-11-19(3)12-7-13-20(4)14-8-15-21(5)16-9-17-22;1-6-21(16-17-22)15-9-14-20(5)13-8-12-19(4)11-7-10-18(2)3;1-10(2)6-4-7-11(3)8-5-9-12;1-4-11(8-9-12)7-5-6-10(2)3/h2*18-22H,6-17H2,1-5H3;2*10-12H,4-9H2,1-3H3. The molecule has 8 unspecified atom stereocenters. The molecule has 0 rings (SSSR count). The molecule has 0 saturated carbocycles. The van der Waals surface area contributed by atoms with E-state index in [4.69, 9.17) is 20.4 Å². The van der Waals surface area contributed by atoms with Crippen molar-refractivity contribution in [2.24, 2.45) is 71.0 Å². The minimum absolute atomic E-state index is 0.356. The second kappa shape index (κ2) is 56.1. The van der Waals surface area contributed by atoms with Gasteiger partial charge in [0.05, 0.1) is 0 Å². The Labute approximate surface area is 432 Å². The molecule has 0 aliphatic carbocycles. The molecule has 0 radical (unpaired) electrons. The van der Waals surface area contributed by atoms with Crippen LogP contribution in [0.5, 0.6) is 0 Å². The predicted octanol–water partition coefficient (Wildman–Crippen LogP) is 20.1. The van der Waals surface area contributed by atoms with E-state index in [1.165, 1.54) is 180 Å². The topological polar surface area (TPSA) is 80.9 Å². The summed E-state index contributed by atoms with van der Waals surface area (Å²) in [5.41, 5.74) is 0. The molecule has 0 fully saturated rings. The molecule has 0 spiro atoms. The summed E-state index contributed by atoms with van der Waals surface area (Å²) >= 11 is 0. The predicted molar refractivity (Wildman–Crippen MR) is 309 cm³/mol. The third-order valence-electron chi connectivity index (χ3n) is 15.3. The van der Waals surface area contributed by atoms with Crippen LogP contribution < -0.4 is 0 Å². The van der Waals surface area contributed by atoms with Gasteiger partial charge in [-0.25, -0.2) is 0 Å². The third kappa shape index (κ3) is 63.9. The minimum atomic E-state index is 0.356. The second-order valence-corrected chi connectivity index (χ2v) is 25.0. The maximum Gasteiger partial charge on any atom is 0.0433 e. The van der Waals surface area contributed by atoms with Crippen molar-refractivity contribution in [3.05, 3.63) is 0 Å². The highest BCUT2D eigenvalue weighted by molar-refractivity contribution is 4.64. The first-order chi connectivity index (χ1) is 32.3. The molecule has 4 N–H and O–H groups in total. The van der Waals surface area contributed by atoms with E-state index in [0.717, 1.165) is 96.7 Å². The van der Waals surface area contributed by atoms with E-state index in [9.17, 15) is 0 Å². The van der Waals surface area contributed by atoms with E-state index in [1.807, 2.05) is 0 Å². The number of aliphatic hydroxyl groups excluding tert-OH is 4. The Morgan fingerprint density at radius 2 is 0.382 bits per heavy atom. The van der Waals surface area contributed by atoms with Crippen LogP contribution in [0, 0.1) is 71.0 Å². The average Bonchev–Trinajstić information content (AvgIpc) is 3.27. The summed E-state index contributed by atoms with van der Waals surface area (Å²) in [6.45, 7) is 38.7. The molecule has 68 heavy (non-hydrogen) atoms. The maximum atomic E-state index is 9.04. The molecular weight excluding hydrogens is 833 g/mol. The fourth-order valence-electron chi connectivity index (χ4n) is 9.85. The van der Waals surface area contributed by atoms with Gasteiger partial charge in [-0.2, -0.15) is 0 Å². The molecule has 0 aromatic carbocycles. The first kappa shape index (κ1) is 74.4. The van der Waals surface area contributed by atoms with Gasteiger partial charge in [-0.15, -0.1) is 0 Å². The molecule has 0 aromatic heterocycles. The average molecular weight is 970 g/mol. The molecule has 416 valence electrons. The molecule has 0 amide bonds. The lowest BCUT2D eigenvalue weighted by atomic mass is 9.90. The maximum absolute atomic E-state index is 9.04. The zero-order valence-corrected chi connectivity index (χ0v) is 50.2. The minimum Gasteiger partial charge on any atom is -0.396 e.